The summed E-state index contributed by atoms with van der Waals surface area (Å²) in [6.45, 7) is 2.87. The standard InChI is InChI=1S/C17H19BrN2O2/c1-2-11-22-16-6-4-3-5-15(16)20-17(21)12-19-14-9-7-13(18)8-10-14/h3-10,19H,2,11-12H2,1H3,(H,20,21). The molecule has 2 aromatic carbocycles. The molecule has 0 spiro atoms. The summed E-state index contributed by atoms with van der Waals surface area (Å²) in [4.78, 5) is 12.0. The maximum absolute atomic E-state index is 12.0. The zero-order chi connectivity index (χ0) is 15.8. The average Bonchev–Trinajstić information content (AvgIpc) is 2.53. The van der Waals surface area contributed by atoms with Crippen LogP contribution in [-0.2, 0) is 4.79 Å². The number of halogens is 1. The lowest BCUT2D eigenvalue weighted by Crippen LogP contribution is -2.22. The number of carbonyl (C=O) groups excluding carboxylic acids is 1. The molecule has 4 nitrogen and oxygen atoms in total. The first-order chi connectivity index (χ1) is 10.7. The predicted molar refractivity (Wildman–Crippen MR) is 93.5 cm³/mol. The van der Waals surface area contributed by atoms with Crippen LogP contribution in [0.4, 0.5) is 11.4 Å². The predicted octanol–water partition coefficient (Wildman–Crippen LogP) is 4.29. The summed E-state index contributed by atoms with van der Waals surface area (Å²) in [5.41, 5.74) is 1.59. The Bertz CT molecular complexity index is 614. The van der Waals surface area contributed by atoms with Gasteiger partial charge in [0.2, 0.25) is 5.91 Å². The maximum atomic E-state index is 12.0. The molecule has 1 amide bonds. The Morgan fingerprint density at radius 1 is 1.14 bits per heavy atom. The summed E-state index contributed by atoms with van der Waals surface area (Å²) in [5, 5.41) is 5.95. The van der Waals surface area contributed by atoms with Gasteiger partial charge in [-0.2, -0.15) is 0 Å². The highest BCUT2D eigenvalue weighted by Crippen LogP contribution is 2.23. The van der Waals surface area contributed by atoms with Gasteiger partial charge in [-0.1, -0.05) is 35.0 Å². The molecule has 0 fully saturated rings. The lowest BCUT2D eigenvalue weighted by molar-refractivity contribution is -0.114. The van der Waals surface area contributed by atoms with Gasteiger partial charge in [-0.05, 0) is 42.8 Å². The Labute approximate surface area is 139 Å². The normalized spacial score (nSPS) is 10.1. The number of ether oxygens (including phenoxy) is 1. The molecule has 0 radical (unpaired) electrons. The number of benzene rings is 2. The number of amides is 1. The van der Waals surface area contributed by atoms with Crippen LogP contribution in [0.2, 0.25) is 0 Å². The first-order valence-electron chi connectivity index (χ1n) is 7.20. The maximum Gasteiger partial charge on any atom is 0.243 e. The van der Waals surface area contributed by atoms with E-state index in [0.29, 0.717) is 18.0 Å². The second kappa shape index (κ2) is 8.44. The quantitative estimate of drug-likeness (QED) is 0.772. The summed E-state index contributed by atoms with van der Waals surface area (Å²) in [6, 6.07) is 15.1. The first kappa shape index (κ1) is 16.4. The molecule has 116 valence electrons. The summed E-state index contributed by atoms with van der Waals surface area (Å²) in [5.74, 6) is 0.580. The van der Waals surface area contributed by atoms with Crippen molar-refractivity contribution in [2.75, 3.05) is 23.8 Å². The minimum Gasteiger partial charge on any atom is -0.491 e. The van der Waals surface area contributed by atoms with E-state index in [4.69, 9.17) is 4.74 Å². The van der Waals surface area contributed by atoms with Crippen LogP contribution < -0.4 is 15.4 Å². The summed E-state index contributed by atoms with van der Waals surface area (Å²) in [7, 11) is 0. The fourth-order valence-electron chi connectivity index (χ4n) is 1.85. The lowest BCUT2D eigenvalue weighted by atomic mass is 10.3. The number of para-hydroxylation sites is 2. The largest absolute Gasteiger partial charge is 0.491 e. The highest BCUT2D eigenvalue weighted by Gasteiger charge is 2.07. The molecule has 0 heterocycles. The molecule has 2 aromatic rings. The van der Waals surface area contributed by atoms with E-state index >= 15 is 0 Å². The van der Waals surface area contributed by atoms with Crippen molar-refractivity contribution in [2.24, 2.45) is 0 Å². The molecule has 0 unspecified atom stereocenters. The number of carbonyl (C=O) groups is 1. The zero-order valence-corrected chi connectivity index (χ0v) is 14.0. The van der Waals surface area contributed by atoms with Crippen molar-refractivity contribution in [1.82, 2.24) is 0 Å². The van der Waals surface area contributed by atoms with Gasteiger partial charge in [0.15, 0.2) is 0 Å². The van der Waals surface area contributed by atoms with Crippen LogP contribution in [0.5, 0.6) is 5.75 Å². The SMILES string of the molecule is CCCOc1ccccc1NC(=O)CNc1ccc(Br)cc1. The minimum absolute atomic E-state index is 0.115. The van der Waals surface area contributed by atoms with Gasteiger partial charge in [-0.15, -0.1) is 0 Å². The Hall–Kier alpha value is -2.01. The smallest absolute Gasteiger partial charge is 0.243 e. The van der Waals surface area contributed by atoms with E-state index < -0.39 is 0 Å². The van der Waals surface area contributed by atoms with Crippen molar-refractivity contribution in [3.63, 3.8) is 0 Å². The van der Waals surface area contributed by atoms with Gasteiger partial charge in [-0.25, -0.2) is 0 Å². The molecule has 22 heavy (non-hydrogen) atoms. The van der Waals surface area contributed by atoms with Crippen molar-refractivity contribution in [3.05, 3.63) is 53.0 Å². The number of anilines is 2. The number of hydrogen-bond acceptors (Lipinski definition) is 3. The van der Waals surface area contributed by atoms with Gasteiger partial charge in [0.25, 0.3) is 0 Å². The molecule has 0 saturated carbocycles. The highest BCUT2D eigenvalue weighted by atomic mass is 79.9. The van der Waals surface area contributed by atoms with Crippen molar-refractivity contribution in [3.8, 4) is 5.75 Å². The van der Waals surface area contributed by atoms with E-state index in [1.807, 2.05) is 55.5 Å². The van der Waals surface area contributed by atoms with Gasteiger partial charge in [0.05, 0.1) is 18.8 Å². The Balaban J connectivity index is 1.90. The molecule has 0 bridgehead atoms. The summed E-state index contributed by atoms with van der Waals surface area (Å²) >= 11 is 3.38. The van der Waals surface area contributed by atoms with Crippen LogP contribution in [0.3, 0.4) is 0 Å². The Morgan fingerprint density at radius 3 is 2.59 bits per heavy atom. The fourth-order valence-corrected chi connectivity index (χ4v) is 2.12. The van der Waals surface area contributed by atoms with Crippen molar-refractivity contribution in [2.45, 2.75) is 13.3 Å². The van der Waals surface area contributed by atoms with Gasteiger partial charge < -0.3 is 15.4 Å². The second-order valence-corrected chi connectivity index (χ2v) is 5.67. The monoisotopic (exact) mass is 362 g/mol. The Morgan fingerprint density at radius 2 is 1.86 bits per heavy atom. The molecule has 0 aliphatic heterocycles. The molecule has 2 N–H and O–H groups in total. The Kier molecular flexibility index (Phi) is 6.27. The molecule has 5 heteroatoms. The van der Waals surface area contributed by atoms with Crippen molar-refractivity contribution in [1.29, 1.82) is 0 Å². The zero-order valence-electron chi connectivity index (χ0n) is 12.4. The molecule has 0 atom stereocenters. The molecule has 0 aromatic heterocycles. The van der Waals surface area contributed by atoms with E-state index in [1.165, 1.54) is 0 Å². The van der Waals surface area contributed by atoms with Crippen LogP contribution >= 0.6 is 15.9 Å². The van der Waals surface area contributed by atoms with Crippen LogP contribution in [0.1, 0.15) is 13.3 Å². The van der Waals surface area contributed by atoms with E-state index in [-0.39, 0.29) is 12.5 Å². The first-order valence-corrected chi connectivity index (χ1v) is 7.99. The molecular formula is C17H19BrN2O2. The molecule has 0 saturated heterocycles. The highest BCUT2D eigenvalue weighted by molar-refractivity contribution is 9.10. The van der Waals surface area contributed by atoms with Crippen LogP contribution in [-0.4, -0.2) is 19.1 Å². The summed E-state index contributed by atoms with van der Waals surface area (Å²) < 4.78 is 6.63. The van der Waals surface area contributed by atoms with Crippen LogP contribution in [0, 0.1) is 0 Å². The fraction of sp³-hybridized carbons (Fsp3) is 0.235. The van der Waals surface area contributed by atoms with Crippen LogP contribution in [0.25, 0.3) is 0 Å². The van der Waals surface area contributed by atoms with Crippen molar-refractivity contribution >= 4 is 33.2 Å². The second-order valence-electron chi connectivity index (χ2n) is 4.75. The molecule has 0 aliphatic carbocycles. The summed E-state index contributed by atoms with van der Waals surface area (Å²) in [6.07, 6.45) is 0.924. The molecule has 0 aliphatic rings. The third kappa shape index (κ3) is 5.07. The average molecular weight is 363 g/mol. The van der Waals surface area contributed by atoms with Gasteiger partial charge in [0, 0.05) is 10.2 Å². The van der Waals surface area contributed by atoms with Crippen LogP contribution in [0.15, 0.2) is 53.0 Å². The number of nitrogens with one attached hydrogen (secondary N) is 2. The lowest BCUT2D eigenvalue weighted by Gasteiger charge is -2.12. The van der Waals surface area contributed by atoms with E-state index in [1.54, 1.807) is 0 Å². The third-order valence-electron chi connectivity index (χ3n) is 2.92. The van der Waals surface area contributed by atoms with Gasteiger partial charge in [0.1, 0.15) is 5.75 Å². The van der Waals surface area contributed by atoms with Crippen molar-refractivity contribution < 1.29 is 9.53 Å². The van der Waals surface area contributed by atoms with E-state index in [2.05, 4.69) is 26.6 Å². The van der Waals surface area contributed by atoms with Gasteiger partial charge in [-0.3, -0.25) is 4.79 Å². The third-order valence-corrected chi connectivity index (χ3v) is 3.45. The molecule has 2 rings (SSSR count). The van der Waals surface area contributed by atoms with E-state index in [0.717, 1.165) is 16.6 Å². The van der Waals surface area contributed by atoms with E-state index in [9.17, 15) is 4.79 Å². The minimum atomic E-state index is -0.115. The topological polar surface area (TPSA) is 50.4 Å². The number of rotatable bonds is 7. The van der Waals surface area contributed by atoms with Gasteiger partial charge >= 0.3 is 0 Å². The number of hydrogen-bond donors (Lipinski definition) is 2. The molecular weight excluding hydrogens is 344 g/mol.